The topological polar surface area (TPSA) is 48.4 Å². The van der Waals surface area contributed by atoms with Crippen LogP contribution in [0.3, 0.4) is 0 Å². The van der Waals surface area contributed by atoms with Gasteiger partial charge in [0.15, 0.2) is 6.61 Å². The van der Waals surface area contributed by atoms with Gasteiger partial charge in [0.25, 0.3) is 0 Å². The summed E-state index contributed by atoms with van der Waals surface area (Å²) in [5, 5.41) is 0. The molecule has 1 atom stereocenters. The lowest BCUT2D eigenvalue weighted by atomic mass is 10.1. The quantitative estimate of drug-likeness (QED) is 0.467. The van der Waals surface area contributed by atoms with Gasteiger partial charge in [0.1, 0.15) is 11.9 Å². The van der Waals surface area contributed by atoms with Gasteiger partial charge >= 0.3 is 18.1 Å². The maximum absolute atomic E-state index is 13.0. The summed E-state index contributed by atoms with van der Waals surface area (Å²) < 4.78 is 72.7. The molecule has 1 unspecified atom stereocenters. The Labute approximate surface area is 135 Å². The van der Waals surface area contributed by atoms with Gasteiger partial charge in [-0.3, -0.25) is 9.78 Å². The molecule has 0 fully saturated rings. The summed E-state index contributed by atoms with van der Waals surface area (Å²) >= 11 is 0. The number of alkyl halides is 5. The van der Waals surface area contributed by atoms with E-state index in [9.17, 15) is 26.7 Å². The van der Waals surface area contributed by atoms with Crippen molar-refractivity contribution < 1.29 is 36.2 Å². The van der Waals surface area contributed by atoms with E-state index in [1.807, 2.05) is 0 Å². The van der Waals surface area contributed by atoms with Crippen LogP contribution in [0, 0.1) is 0 Å². The fraction of sp³-hybridized carbons (Fsp3) is 0.600. The Balaban J connectivity index is 2.25. The Kier molecular flexibility index (Phi) is 5.29. The highest BCUT2D eigenvalue weighted by Crippen LogP contribution is 2.38. The summed E-state index contributed by atoms with van der Waals surface area (Å²) in [6, 6.07) is 1.24. The summed E-state index contributed by atoms with van der Waals surface area (Å²) in [6.45, 7) is -0.583. The third-order valence-electron chi connectivity index (χ3n) is 3.63. The van der Waals surface area contributed by atoms with E-state index in [1.165, 1.54) is 19.2 Å². The Morgan fingerprint density at radius 1 is 1.29 bits per heavy atom. The van der Waals surface area contributed by atoms with Gasteiger partial charge in [-0.25, -0.2) is 0 Å². The van der Waals surface area contributed by atoms with Crippen molar-refractivity contribution in [1.29, 1.82) is 0 Å². The standard InChI is InChI=1S/C15H16F5NO3/c1-9(22)24-12-5-3-2-4-10-11(6-7-21-13(10)12)23-8-14(16,17)15(18,19)20/h6-7,12H,2-5,8H2,1H3. The van der Waals surface area contributed by atoms with Crippen molar-refractivity contribution in [2.75, 3.05) is 6.61 Å². The van der Waals surface area contributed by atoms with Crippen LogP contribution in [-0.4, -0.2) is 29.7 Å². The molecule has 0 spiro atoms. The predicted octanol–water partition coefficient (Wildman–Crippen LogP) is 3.99. The van der Waals surface area contributed by atoms with Gasteiger partial charge in [-0.1, -0.05) is 0 Å². The molecule has 9 heteroatoms. The Hall–Kier alpha value is -1.93. The number of hydrogen-bond donors (Lipinski definition) is 0. The van der Waals surface area contributed by atoms with Crippen molar-refractivity contribution in [3.05, 3.63) is 23.5 Å². The molecule has 1 aliphatic carbocycles. The van der Waals surface area contributed by atoms with Gasteiger partial charge < -0.3 is 9.47 Å². The van der Waals surface area contributed by atoms with Gasteiger partial charge in [0, 0.05) is 18.7 Å². The Bertz CT molecular complexity index is 603. The number of esters is 1. The maximum atomic E-state index is 13.0. The van der Waals surface area contributed by atoms with Crippen LogP contribution >= 0.6 is 0 Å². The summed E-state index contributed by atoms with van der Waals surface area (Å²) in [5.74, 6) is -5.57. The normalized spacial score (nSPS) is 18.5. The number of ether oxygens (including phenoxy) is 2. The van der Waals surface area contributed by atoms with Crippen LogP contribution in [0.15, 0.2) is 12.3 Å². The second kappa shape index (κ2) is 6.90. The second-order valence-electron chi connectivity index (χ2n) is 5.51. The van der Waals surface area contributed by atoms with Gasteiger partial charge in [0.05, 0.1) is 5.69 Å². The highest BCUT2D eigenvalue weighted by atomic mass is 19.4. The molecule has 0 radical (unpaired) electrons. The zero-order valence-corrected chi connectivity index (χ0v) is 12.8. The van der Waals surface area contributed by atoms with Crippen LogP contribution in [0.25, 0.3) is 0 Å². The number of pyridine rings is 1. The number of aromatic nitrogens is 1. The molecule has 0 N–H and O–H groups in total. The molecule has 134 valence electrons. The smallest absolute Gasteiger partial charge is 0.456 e. The third kappa shape index (κ3) is 4.12. The van der Waals surface area contributed by atoms with Gasteiger partial charge in [-0.2, -0.15) is 22.0 Å². The van der Waals surface area contributed by atoms with E-state index < -0.39 is 30.8 Å². The largest absolute Gasteiger partial charge is 0.486 e. The molecule has 1 aromatic rings. The number of rotatable bonds is 4. The molecule has 1 aliphatic rings. The van der Waals surface area contributed by atoms with E-state index in [4.69, 9.17) is 9.47 Å². The number of fused-ring (bicyclic) bond motifs is 1. The number of nitrogens with zero attached hydrogens (tertiary/aromatic N) is 1. The Morgan fingerprint density at radius 2 is 2.00 bits per heavy atom. The zero-order valence-electron chi connectivity index (χ0n) is 12.8. The van der Waals surface area contributed by atoms with Crippen LogP contribution in [0.2, 0.25) is 0 Å². The molecule has 0 saturated heterocycles. The fourth-order valence-electron chi connectivity index (χ4n) is 2.49. The van der Waals surface area contributed by atoms with Crippen molar-refractivity contribution in [2.45, 2.75) is 50.8 Å². The third-order valence-corrected chi connectivity index (χ3v) is 3.63. The van der Waals surface area contributed by atoms with Crippen LogP contribution < -0.4 is 4.74 Å². The first-order valence-electron chi connectivity index (χ1n) is 7.34. The highest BCUT2D eigenvalue weighted by molar-refractivity contribution is 5.66. The molecule has 0 aromatic carbocycles. The molecule has 1 heterocycles. The molecular weight excluding hydrogens is 337 g/mol. The van der Waals surface area contributed by atoms with E-state index in [0.29, 0.717) is 36.9 Å². The van der Waals surface area contributed by atoms with Crippen LogP contribution in [0.4, 0.5) is 22.0 Å². The average Bonchev–Trinajstić information content (AvgIpc) is 2.66. The van der Waals surface area contributed by atoms with Gasteiger partial charge in [-0.05, 0) is 31.7 Å². The highest BCUT2D eigenvalue weighted by Gasteiger charge is 2.58. The average molecular weight is 353 g/mol. The van der Waals surface area contributed by atoms with Gasteiger partial charge in [-0.15, -0.1) is 0 Å². The monoisotopic (exact) mass is 353 g/mol. The van der Waals surface area contributed by atoms with E-state index in [0.717, 1.165) is 0 Å². The fourth-order valence-corrected chi connectivity index (χ4v) is 2.49. The maximum Gasteiger partial charge on any atom is 0.456 e. The molecule has 0 aliphatic heterocycles. The molecule has 0 saturated carbocycles. The summed E-state index contributed by atoms with van der Waals surface area (Å²) in [4.78, 5) is 15.3. The van der Waals surface area contributed by atoms with Crippen molar-refractivity contribution in [3.63, 3.8) is 0 Å². The van der Waals surface area contributed by atoms with Crippen molar-refractivity contribution in [3.8, 4) is 5.75 Å². The van der Waals surface area contributed by atoms with Gasteiger partial charge in [0.2, 0.25) is 0 Å². The lowest BCUT2D eigenvalue weighted by Gasteiger charge is -2.22. The van der Waals surface area contributed by atoms with E-state index in [1.54, 1.807) is 0 Å². The molecule has 4 nitrogen and oxygen atoms in total. The number of carbonyl (C=O) groups excluding carboxylic acids is 1. The summed E-state index contributed by atoms with van der Waals surface area (Å²) in [5.41, 5.74) is 0.745. The minimum Gasteiger partial charge on any atom is -0.486 e. The van der Waals surface area contributed by atoms with E-state index in [-0.39, 0.29) is 5.75 Å². The SMILES string of the molecule is CC(=O)OC1CCCCc2c(OCC(F)(F)C(F)(F)F)ccnc21. The van der Waals surface area contributed by atoms with Crippen LogP contribution in [0.5, 0.6) is 5.75 Å². The molecular formula is C15H16F5NO3. The zero-order chi connectivity index (χ0) is 18.0. The summed E-state index contributed by atoms with van der Waals surface area (Å²) in [6.07, 6.45) is -2.85. The van der Waals surface area contributed by atoms with E-state index in [2.05, 4.69) is 4.98 Å². The first-order valence-corrected chi connectivity index (χ1v) is 7.34. The molecule has 0 bridgehead atoms. The van der Waals surface area contributed by atoms with Crippen molar-refractivity contribution >= 4 is 5.97 Å². The number of halogens is 5. The van der Waals surface area contributed by atoms with Crippen molar-refractivity contribution in [2.24, 2.45) is 0 Å². The molecule has 24 heavy (non-hydrogen) atoms. The van der Waals surface area contributed by atoms with Crippen LogP contribution in [0.1, 0.15) is 43.5 Å². The Morgan fingerprint density at radius 3 is 2.62 bits per heavy atom. The number of carbonyl (C=O) groups is 1. The second-order valence-corrected chi connectivity index (χ2v) is 5.51. The lowest BCUT2D eigenvalue weighted by molar-refractivity contribution is -0.290. The molecule has 0 amide bonds. The predicted molar refractivity (Wildman–Crippen MR) is 72.8 cm³/mol. The molecule has 2 rings (SSSR count). The lowest BCUT2D eigenvalue weighted by Crippen LogP contribution is -2.41. The number of hydrogen-bond acceptors (Lipinski definition) is 4. The molecule has 1 aromatic heterocycles. The first-order chi connectivity index (χ1) is 11.1. The first kappa shape index (κ1) is 18.4. The van der Waals surface area contributed by atoms with Crippen molar-refractivity contribution in [1.82, 2.24) is 4.98 Å². The minimum atomic E-state index is -5.68. The van der Waals surface area contributed by atoms with Crippen LogP contribution in [-0.2, 0) is 16.0 Å². The summed E-state index contributed by atoms with van der Waals surface area (Å²) in [7, 11) is 0. The minimum absolute atomic E-state index is 0.0945. The van der Waals surface area contributed by atoms with E-state index >= 15 is 0 Å².